The zero-order chi connectivity index (χ0) is 12.3. The van der Waals surface area contributed by atoms with Gasteiger partial charge in [0.25, 0.3) is 5.91 Å². The molecule has 1 aromatic carbocycles. The van der Waals surface area contributed by atoms with E-state index < -0.39 is 0 Å². The smallest absolute Gasteiger partial charge is 0.253 e. The average molecular weight is 305 g/mol. The van der Waals surface area contributed by atoms with Crippen molar-refractivity contribution in [1.82, 2.24) is 4.90 Å². The number of amides is 1. The lowest BCUT2D eigenvalue weighted by molar-refractivity contribution is 0.0740. The molecule has 0 radical (unpaired) electrons. The van der Waals surface area contributed by atoms with E-state index >= 15 is 0 Å². The molecule has 1 aromatic rings. The van der Waals surface area contributed by atoms with Gasteiger partial charge in [-0.05, 0) is 47.5 Å². The molecule has 0 aliphatic rings. The van der Waals surface area contributed by atoms with E-state index in [0.29, 0.717) is 10.6 Å². The molecule has 0 aliphatic heterocycles. The van der Waals surface area contributed by atoms with E-state index in [-0.39, 0.29) is 11.9 Å². The fourth-order valence-corrected chi connectivity index (χ4v) is 1.73. The maximum atomic E-state index is 12.1. The van der Waals surface area contributed by atoms with E-state index in [4.69, 9.17) is 11.6 Å². The predicted octanol–water partition coefficient (Wildman–Crippen LogP) is 3.97. The molecule has 1 amide bonds. The quantitative estimate of drug-likeness (QED) is 0.827. The Morgan fingerprint density at radius 2 is 2.19 bits per heavy atom. The van der Waals surface area contributed by atoms with Crippen molar-refractivity contribution in [2.24, 2.45) is 0 Å². The third kappa shape index (κ3) is 2.98. The van der Waals surface area contributed by atoms with Crippen LogP contribution in [0.2, 0.25) is 5.02 Å². The Kier molecular flexibility index (Phi) is 4.81. The molecule has 2 nitrogen and oxygen atoms in total. The lowest BCUT2D eigenvalue weighted by atomic mass is 10.1. The zero-order valence-electron chi connectivity index (χ0n) is 9.63. The van der Waals surface area contributed by atoms with Crippen molar-refractivity contribution in [1.29, 1.82) is 0 Å². The molecule has 0 aromatic heterocycles. The molecule has 1 unspecified atom stereocenters. The van der Waals surface area contributed by atoms with Crippen LogP contribution in [0.5, 0.6) is 0 Å². The molecule has 0 saturated carbocycles. The lowest BCUT2D eigenvalue weighted by Gasteiger charge is -2.24. The number of nitrogens with zero attached hydrogens (tertiary/aromatic N) is 1. The van der Waals surface area contributed by atoms with Crippen molar-refractivity contribution in [3.05, 3.63) is 33.3 Å². The van der Waals surface area contributed by atoms with E-state index in [1.54, 1.807) is 23.1 Å². The Balaban J connectivity index is 2.92. The molecule has 0 fully saturated rings. The van der Waals surface area contributed by atoms with Gasteiger partial charge in [-0.3, -0.25) is 4.79 Å². The summed E-state index contributed by atoms with van der Waals surface area (Å²) < 4.78 is 0.803. The molecule has 0 heterocycles. The first-order valence-corrected chi connectivity index (χ1v) is 6.36. The Morgan fingerprint density at radius 3 is 2.69 bits per heavy atom. The van der Waals surface area contributed by atoms with Gasteiger partial charge in [0.2, 0.25) is 0 Å². The van der Waals surface area contributed by atoms with E-state index in [9.17, 15) is 4.79 Å². The minimum absolute atomic E-state index is 0.00347. The molecule has 1 rings (SSSR count). The second-order valence-corrected chi connectivity index (χ2v) is 5.06. The number of carbonyl (C=O) groups excluding carboxylic acids is 1. The van der Waals surface area contributed by atoms with Gasteiger partial charge in [-0.15, -0.1) is 0 Å². The van der Waals surface area contributed by atoms with Crippen molar-refractivity contribution in [2.45, 2.75) is 26.3 Å². The first-order valence-electron chi connectivity index (χ1n) is 5.19. The molecule has 16 heavy (non-hydrogen) atoms. The third-order valence-corrected chi connectivity index (χ3v) is 3.97. The Hall–Kier alpha value is -0.540. The molecule has 0 bridgehead atoms. The van der Waals surface area contributed by atoms with Crippen molar-refractivity contribution < 1.29 is 4.79 Å². The van der Waals surface area contributed by atoms with Crippen LogP contribution in [0.15, 0.2) is 22.7 Å². The summed E-state index contributed by atoms with van der Waals surface area (Å²) in [6, 6.07) is 5.49. The van der Waals surface area contributed by atoms with Crippen LogP contribution < -0.4 is 0 Å². The maximum absolute atomic E-state index is 12.1. The van der Waals surface area contributed by atoms with Crippen molar-refractivity contribution in [3.8, 4) is 0 Å². The summed E-state index contributed by atoms with van der Waals surface area (Å²) in [5.74, 6) is 0.00347. The monoisotopic (exact) mass is 303 g/mol. The van der Waals surface area contributed by atoms with Crippen LogP contribution in [0.4, 0.5) is 0 Å². The Morgan fingerprint density at radius 1 is 1.56 bits per heavy atom. The molecule has 0 spiro atoms. The second kappa shape index (κ2) is 5.69. The van der Waals surface area contributed by atoms with Gasteiger partial charge in [0.1, 0.15) is 0 Å². The molecular formula is C12H15BrClNO. The van der Waals surface area contributed by atoms with Crippen LogP contribution in [-0.4, -0.2) is 23.9 Å². The molecule has 4 heteroatoms. The van der Waals surface area contributed by atoms with Crippen LogP contribution >= 0.6 is 27.5 Å². The summed E-state index contributed by atoms with van der Waals surface area (Å²) in [6.45, 7) is 4.08. The summed E-state index contributed by atoms with van der Waals surface area (Å²) in [6.07, 6.45) is 0.937. The highest BCUT2D eigenvalue weighted by Crippen LogP contribution is 2.24. The SMILES string of the molecule is CCC(C)N(C)C(=O)c1ccc(Br)c(Cl)c1. The van der Waals surface area contributed by atoms with E-state index in [0.717, 1.165) is 10.9 Å². The Labute approximate surface area is 110 Å². The van der Waals surface area contributed by atoms with Gasteiger partial charge in [-0.2, -0.15) is 0 Å². The number of rotatable bonds is 3. The minimum Gasteiger partial charge on any atom is -0.339 e. The van der Waals surface area contributed by atoms with Gasteiger partial charge in [0, 0.05) is 23.1 Å². The number of benzene rings is 1. The van der Waals surface area contributed by atoms with Gasteiger partial charge in [0.15, 0.2) is 0 Å². The highest BCUT2D eigenvalue weighted by Gasteiger charge is 2.16. The predicted molar refractivity (Wildman–Crippen MR) is 71.0 cm³/mol. The molecule has 1 atom stereocenters. The molecular weight excluding hydrogens is 289 g/mol. The van der Waals surface area contributed by atoms with Crippen molar-refractivity contribution in [2.75, 3.05) is 7.05 Å². The number of halogens is 2. The van der Waals surface area contributed by atoms with Crippen molar-refractivity contribution >= 4 is 33.4 Å². The topological polar surface area (TPSA) is 20.3 Å². The normalized spacial score (nSPS) is 12.3. The van der Waals surface area contributed by atoms with Crippen LogP contribution in [0, 0.1) is 0 Å². The fraction of sp³-hybridized carbons (Fsp3) is 0.417. The highest BCUT2D eigenvalue weighted by atomic mass is 79.9. The van der Waals surface area contributed by atoms with Crippen LogP contribution in [0.25, 0.3) is 0 Å². The zero-order valence-corrected chi connectivity index (χ0v) is 12.0. The average Bonchev–Trinajstić information content (AvgIpc) is 2.29. The summed E-state index contributed by atoms with van der Waals surface area (Å²) in [5.41, 5.74) is 0.621. The standard InChI is InChI=1S/C12H15BrClNO/c1-4-8(2)15(3)12(16)9-5-6-10(13)11(14)7-9/h5-8H,4H2,1-3H3. The highest BCUT2D eigenvalue weighted by molar-refractivity contribution is 9.10. The summed E-state index contributed by atoms with van der Waals surface area (Å²) in [4.78, 5) is 13.8. The van der Waals surface area contributed by atoms with Crippen LogP contribution in [-0.2, 0) is 0 Å². The van der Waals surface area contributed by atoms with Gasteiger partial charge >= 0.3 is 0 Å². The molecule has 0 saturated heterocycles. The number of hydrogen-bond donors (Lipinski definition) is 0. The van der Waals surface area contributed by atoms with Gasteiger partial charge in [-0.1, -0.05) is 18.5 Å². The number of carbonyl (C=O) groups is 1. The third-order valence-electron chi connectivity index (χ3n) is 2.74. The van der Waals surface area contributed by atoms with E-state index in [1.807, 2.05) is 14.0 Å². The summed E-state index contributed by atoms with van der Waals surface area (Å²) >= 11 is 9.26. The van der Waals surface area contributed by atoms with Gasteiger partial charge in [0.05, 0.1) is 5.02 Å². The molecule has 0 N–H and O–H groups in total. The van der Waals surface area contributed by atoms with Crippen LogP contribution in [0.1, 0.15) is 30.6 Å². The fourth-order valence-electron chi connectivity index (χ4n) is 1.31. The molecule has 0 aliphatic carbocycles. The molecule has 88 valence electrons. The summed E-state index contributed by atoms with van der Waals surface area (Å²) in [7, 11) is 1.81. The lowest BCUT2D eigenvalue weighted by Crippen LogP contribution is -2.34. The van der Waals surface area contributed by atoms with Gasteiger partial charge in [-0.25, -0.2) is 0 Å². The van der Waals surface area contributed by atoms with E-state index in [2.05, 4.69) is 22.9 Å². The van der Waals surface area contributed by atoms with Crippen molar-refractivity contribution in [3.63, 3.8) is 0 Å². The Bertz CT molecular complexity index is 395. The van der Waals surface area contributed by atoms with E-state index in [1.165, 1.54) is 0 Å². The van der Waals surface area contributed by atoms with Gasteiger partial charge < -0.3 is 4.90 Å². The number of hydrogen-bond acceptors (Lipinski definition) is 1. The largest absolute Gasteiger partial charge is 0.339 e. The summed E-state index contributed by atoms with van der Waals surface area (Å²) in [5, 5.41) is 0.559. The minimum atomic E-state index is 0.00347. The first kappa shape index (κ1) is 13.5. The second-order valence-electron chi connectivity index (χ2n) is 3.80. The first-order chi connectivity index (χ1) is 7.47. The van der Waals surface area contributed by atoms with Crippen LogP contribution in [0.3, 0.4) is 0 Å². The maximum Gasteiger partial charge on any atom is 0.253 e.